The van der Waals surface area contributed by atoms with E-state index in [0.29, 0.717) is 44.2 Å². The highest BCUT2D eigenvalue weighted by Gasteiger charge is 2.24. The average Bonchev–Trinajstić information content (AvgIpc) is 2.78. The van der Waals surface area contributed by atoms with Gasteiger partial charge < -0.3 is 15.0 Å². The molecule has 0 radical (unpaired) electrons. The van der Waals surface area contributed by atoms with Crippen LogP contribution in [0.15, 0.2) is 42.5 Å². The fourth-order valence-electron chi connectivity index (χ4n) is 3.47. The van der Waals surface area contributed by atoms with Gasteiger partial charge >= 0.3 is 0 Å². The zero-order chi connectivity index (χ0) is 22.4. The molecule has 0 aromatic heterocycles. The molecular weight excluding hydrogens is 406 g/mol. The van der Waals surface area contributed by atoms with Crippen molar-refractivity contribution in [3.8, 4) is 5.75 Å². The Morgan fingerprint density at radius 1 is 1.03 bits per heavy atom. The van der Waals surface area contributed by atoms with Gasteiger partial charge in [-0.05, 0) is 18.2 Å². The molecule has 1 heterocycles. The largest absolute Gasteiger partial charge is 0.496 e. The van der Waals surface area contributed by atoms with Crippen LogP contribution in [0.4, 0.5) is 22.7 Å². The number of amides is 1. The maximum atomic E-state index is 12.3. The minimum atomic E-state index is -0.569. The third-order valence-electron chi connectivity index (χ3n) is 5.12. The first-order chi connectivity index (χ1) is 14.9. The summed E-state index contributed by atoms with van der Waals surface area (Å²) < 4.78 is 4.99. The lowest BCUT2D eigenvalue weighted by molar-refractivity contribution is -0.384. The van der Waals surface area contributed by atoms with Crippen molar-refractivity contribution in [2.24, 2.45) is 0 Å². The quantitative estimate of drug-likeness (QED) is 0.500. The smallest absolute Gasteiger partial charge is 0.296 e. The van der Waals surface area contributed by atoms with Gasteiger partial charge in [0.15, 0.2) is 0 Å². The number of nitrogens with zero attached hydrogens (tertiary/aromatic N) is 4. The molecule has 1 aliphatic heterocycles. The summed E-state index contributed by atoms with van der Waals surface area (Å²) >= 11 is 0. The number of nitro benzene ring substituents is 2. The van der Waals surface area contributed by atoms with Gasteiger partial charge in [-0.1, -0.05) is 12.1 Å². The van der Waals surface area contributed by atoms with Crippen molar-refractivity contribution >= 4 is 28.7 Å². The minimum absolute atomic E-state index is 0.0800. The molecule has 1 N–H and O–H groups in total. The second kappa shape index (κ2) is 9.85. The van der Waals surface area contributed by atoms with Crippen LogP contribution in [-0.2, 0) is 4.79 Å². The maximum Gasteiger partial charge on any atom is 0.296 e. The Labute approximate surface area is 178 Å². The van der Waals surface area contributed by atoms with E-state index in [1.165, 1.54) is 25.3 Å². The first kappa shape index (κ1) is 22.0. The Hall–Kier alpha value is -3.73. The van der Waals surface area contributed by atoms with Crippen LogP contribution in [0.1, 0.15) is 6.42 Å². The summed E-state index contributed by atoms with van der Waals surface area (Å²) in [7, 11) is 1.41. The highest BCUT2D eigenvalue weighted by Crippen LogP contribution is 2.30. The fourth-order valence-corrected chi connectivity index (χ4v) is 3.47. The number of rotatable bonds is 8. The van der Waals surface area contributed by atoms with Gasteiger partial charge in [-0.15, -0.1) is 0 Å². The summed E-state index contributed by atoms with van der Waals surface area (Å²) in [5.74, 6) is 0.00983. The number of piperazine rings is 1. The van der Waals surface area contributed by atoms with E-state index >= 15 is 0 Å². The van der Waals surface area contributed by atoms with Gasteiger partial charge in [-0.25, -0.2) is 0 Å². The van der Waals surface area contributed by atoms with E-state index < -0.39 is 4.92 Å². The van der Waals surface area contributed by atoms with Crippen LogP contribution in [0.5, 0.6) is 5.75 Å². The number of anilines is 2. The van der Waals surface area contributed by atoms with Crippen molar-refractivity contribution in [1.82, 2.24) is 4.90 Å². The Balaban J connectivity index is 1.52. The van der Waals surface area contributed by atoms with Crippen LogP contribution in [0.25, 0.3) is 0 Å². The molecule has 3 rings (SSSR count). The van der Waals surface area contributed by atoms with Crippen molar-refractivity contribution in [1.29, 1.82) is 0 Å². The van der Waals surface area contributed by atoms with E-state index in [9.17, 15) is 25.0 Å². The SMILES string of the molecule is COc1ccc(NC(=O)CCN2CCN(c3ccccc3[N+](=O)[O-])CC2)c([N+](=O)[O-])c1. The molecule has 2 aromatic carbocycles. The number of methoxy groups -OCH3 is 1. The summed E-state index contributed by atoms with van der Waals surface area (Å²) in [4.78, 5) is 37.9. The van der Waals surface area contributed by atoms with E-state index in [4.69, 9.17) is 4.74 Å². The molecule has 0 unspecified atom stereocenters. The van der Waals surface area contributed by atoms with Gasteiger partial charge in [-0.2, -0.15) is 0 Å². The van der Waals surface area contributed by atoms with E-state index in [2.05, 4.69) is 10.2 Å². The zero-order valence-corrected chi connectivity index (χ0v) is 17.0. The fraction of sp³-hybridized carbons (Fsp3) is 0.350. The Morgan fingerprint density at radius 2 is 1.71 bits per heavy atom. The molecule has 1 amide bonds. The van der Waals surface area contributed by atoms with Crippen LogP contribution < -0.4 is 15.0 Å². The molecule has 0 aliphatic carbocycles. The summed E-state index contributed by atoms with van der Waals surface area (Å²) in [6.45, 7) is 3.01. The molecule has 2 aromatic rings. The Bertz CT molecular complexity index is 974. The van der Waals surface area contributed by atoms with Crippen molar-refractivity contribution in [2.75, 3.05) is 50.1 Å². The standard InChI is InChI=1S/C20H23N5O6/c1-31-15-6-7-16(19(14-15)25(29)30)21-20(26)8-9-22-10-12-23(13-11-22)17-4-2-3-5-18(17)24(27)28/h2-7,14H,8-13H2,1H3,(H,21,26). The third-order valence-corrected chi connectivity index (χ3v) is 5.12. The number of hydrogen-bond donors (Lipinski definition) is 1. The molecule has 0 atom stereocenters. The highest BCUT2D eigenvalue weighted by molar-refractivity contribution is 5.93. The van der Waals surface area contributed by atoms with Gasteiger partial charge in [0.05, 0.1) is 23.0 Å². The summed E-state index contributed by atoms with van der Waals surface area (Å²) in [6, 6.07) is 10.9. The van der Waals surface area contributed by atoms with Crippen molar-refractivity contribution in [3.05, 3.63) is 62.7 Å². The Kier molecular flexibility index (Phi) is 6.98. The van der Waals surface area contributed by atoms with Gasteiger partial charge in [-0.3, -0.25) is 29.9 Å². The van der Waals surface area contributed by atoms with Crippen LogP contribution in [-0.4, -0.2) is 60.5 Å². The number of hydrogen-bond acceptors (Lipinski definition) is 8. The first-order valence-corrected chi connectivity index (χ1v) is 9.72. The van der Waals surface area contributed by atoms with E-state index in [-0.39, 0.29) is 34.3 Å². The summed E-state index contributed by atoms with van der Waals surface area (Å²) in [5.41, 5.74) is 0.566. The third kappa shape index (κ3) is 5.45. The highest BCUT2D eigenvalue weighted by atomic mass is 16.6. The van der Waals surface area contributed by atoms with Crippen LogP contribution in [0, 0.1) is 20.2 Å². The van der Waals surface area contributed by atoms with Gasteiger partial charge in [0.2, 0.25) is 5.91 Å². The first-order valence-electron chi connectivity index (χ1n) is 9.72. The summed E-state index contributed by atoms with van der Waals surface area (Å²) in [6.07, 6.45) is 0.175. The van der Waals surface area contributed by atoms with Gasteiger partial charge in [0.25, 0.3) is 11.4 Å². The van der Waals surface area contributed by atoms with Crippen LogP contribution in [0.2, 0.25) is 0 Å². The zero-order valence-electron chi connectivity index (χ0n) is 17.0. The maximum absolute atomic E-state index is 12.3. The number of para-hydroxylation sites is 2. The molecule has 11 heteroatoms. The normalized spacial score (nSPS) is 14.2. The molecule has 0 spiro atoms. The van der Waals surface area contributed by atoms with Crippen LogP contribution in [0.3, 0.4) is 0 Å². The number of benzene rings is 2. The van der Waals surface area contributed by atoms with E-state index in [1.54, 1.807) is 24.3 Å². The molecule has 31 heavy (non-hydrogen) atoms. The van der Waals surface area contributed by atoms with Crippen molar-refractivity contribution < 1.29 is 19.4 Å². The molecule has 0 saturated carbocycles. The number of carbonyl (C=O) groups is 1. The number of carbonyl (C=O) groups excluding carboxylic acids is 1. The van der Waals surface area contributed by atoms with Crippen LogP contribution >= 0.6 is 0 Å². The molecule has 1 saturated heterocycles. The second-order valence-electron chi connectivity index (χ2n) is 7.01. The molecule has 1 fully saturated rings. The lowest BCUT2D eigenvalue weighted by Crippen LogP contribution is -2.47. The predicted octanol–water partition coefficient (Wildman–Crippen LogP) is 2.66. The van der Waals surface area contributed by atoms with Crippen molar-refractivity contribution in [2.45, 2.75) is 6.42 Å². The lowest BCUT2D eigenvalue weighted by atomic mass is 10.2. The van der Waals surface area contributed by atoms with E-state index in [0.717, 1.165) is 0 Å². The molecule has 11 nitrogen and oxygen atoms in total. The molecule has 0 bridgehead atoms. The second-order valence-corrected chi connectivity index (χ2v) is 7.01. The molecular formula is C20H23N5O6. The molecule has 164 valence electrons. The summed E-state index contributed by atoms with van der Waals surface area (Å²) in [5, 5.41) is 25.1. The number of nitro groups is 2. The average molecular weight is 429 g/mol. The van der Waals surface area contributed by atoms with Gasteiger partial charge in [0.1, 0.15) is 17.1 Å². The number of ether oxygens (including phenoxy) is 1. The predicted molar refractivity (Wildman–Crippen MR) is 115 cm³/mol. The monoisotopic (exact) mass is 429 g/mol. The molecule has 1 aliphatic rings. The van der Waals surface area contributed by atoms with E-state index in [1.807, 2.05) is 4.90 Å². The van der Waals surface area contributed by atoms with Gasteiger partial charge in [0, 0.05) is 45.2 Å². The minimum Gasteiger partial charge on any atom is -0.496 e. The van der Waals surface area contributed by atoms with Crippen molar-refractivity contribution in [3.63, 3.8) is 0 Å². The topological polar surface area (TPSA) is 131 Å². The lowest BCUT2D eigenvalue weighted by Gasteiger charge is -2.35. The Morgan fingerprint density at radius 3 is 2.35 bits per heavy atom. The number of nitrogens with one attached hydrogen (secondary N) is 1.